The molecule has 0 spiro atoms. The Hall–Kier alpha value is -1.77. The minimum atomic E-state index is -4.69. The Kier molecular flexibility index (Phi) is 50.4. The van der Waals surface area contributed by atoms with Crippen molar-refractivity contribution in [1.82, 2.24) is 5.32 Å². The molecule has 3 unspecified atom stereocenters. The third kappa shape index (κ3) is 52.9. The molecule has 0 fully saturated rings. The van der Waals surface area contributed by atoms with Gasteiger partial charge in [0.2, 0.25) is 5.91 Å². The topological polar surface area (TPSA) is 114 Å². The summed E-state index contributed by atoms with van der Waals surface area (Å²) in [6.07, 6.45) is 61.1. The highest BCUT2D eigenvalue weighted by molar-refractivity contribution is 7.45. The minimum absolute atomic E-state index is 0.0235. The summed E-state index contributed by atoms with van der Waals surface area (Å²) in [5, 5.41) is 3.01. The summed E-state index contributed by atoms with van der Waals surface area (Å²) >= 11 is 0. The number of quaternary nitrogens is 1. The number of allylic oxidation sites excluding steroid dienone is 5. The van der Waals surface area contributed by atoms with E-state index in [1.54, 1.807) is 0 Å². The molecule has 0 saturated carbocycles. The number of phosphoric ester groups is 1. The van der Waals surface area contributed by atoms with E-state index in [1.807, 2.05) is 33.3 Å². The van der Waals surface area contributed by atoms with Crippen molar-refractivity contribution < 1.29 is 37.3 Å². The van der Waals surface area contributed by atoms with Gasteiger partial charge in [-0.1, -0.05) is 231 Å². The van der Waals surface area contributed by atoms with Gasteiger partial charge in [-0.15, -0.1) is 0 Å². The standard InChI is InChI=1S/C61H117N2O7P/c1-7-10-13-16-19-22-25-27-28-29-30-31-32-33-34-36-39-42-45-48-51-54-61(65)70-59(52-49-46-43-40-37-24-21-18-15-12-9-3)58(57-69-71(66,67)68-56-55-63(4,5)6)62-60(64)53-50-47-44-41-38-35-26-23-20-17-14-11-8-2/h27-28,35,38,49,52,58-59H,7-26,29-34,36-37,39-48,50-51,53-57H2,1-6H3,(H-,62,64,66,67)/b28-27+,38-35-,52-49-. The van der Waals surface area contributed by atoms with Crippen LogP contribution < -0.4 is 10.2 Å². The Bertz CT molecular complexity index is 1310. The number of hydrogen-bond acceptors (Lipinski definition) is 7. The fourth-order valence-electron chi connectivity index (χ4n) is 8.81. The number of nitrogens with zero attached hydrogens (tertiary/aromatic N) is 1. The van der Waals surface area contributed by atoms with Crippen LogP contribution in [0.3, 0.4) is 0 Å². The third-order valence-corrected chi connectivity index (χ3v) is 14.5. The highest BCUT2D eigenvalue weighted by Crippen LogP contribution is 2.38. The Morgan fingerprint density at radius 1 is 0.479 bits per heavy atom. The first kappa shape index (κ1) is 69.2. The van der Waals surface area contributed by atoms with Gasteiger partial charge in [0, 0.05) is 12.8 Å². The summed E-state index contributed by atoms with van der Waals surface area (Å²) < 4.78 is 30.2. The molecule has 0 aromatic rings. The average molecular weight is 1020 g/mol. The van der Waals surface area contributed by atoms with Gasteiger partial charge in [-0.2, -0.15) is 0 Å². The second kappa shape index (κ2) is 51.7. The number of rotatable bonds is 55. The Labute approximate surface area is 440 Å². The van der Waals surface area contributed by atoms with Gasteiger partial charge in [-0.3, -0.25) is 14.2 Å². The zero-order valence-corrected chi connectivity index (χ0v) is 48.6. The molecule has 1 N–H and O–H groups in total. The largest absolute Gasteiger partial charge is 0.756 e. The lowest BCUT2D eigenvalue weighted by atomic mass is 10.0. The van der Waals surface area contributed by atoms with Crippen molar-refractivity contribution in [1.29, 1.82) is 0 Å². The number of amides is 1. The van der Waals surface area contributed by atoms with Crippen LogP contribution >= 0.6 is 7.82 Å². The van der Waals surface area contributed by atoms with Gasteiger partial charge >= 0.3 is 5.97 Å². The molecule has 0 aromatic heterocycles. The van der Waals surface area contributed by atoms with Crippen LogP contribution in [-0.2, 0) is 27.9 Å². The zero-order chi connectivity index (χ0) is 52.2. The lowest BCUT2D eigenvalue weighted by Gasteiger charge is -2.30. The van der Waals surface area contributed by atoms with Crippen LogP contribution in [-0.4, -0.2) is 69.4 Å². The fraction of sp³-hybridized carbons (Fsp3) is 0.869. The predicted octanol–water partition coefficient (Wildman–Crippen LogP) is 17.7. The van der Waals surface area contributed by atoms with E-state index >= 15 is 0 Å². The van der Waals surface area contributed by atoms with Gasteiger partial charge in [0.15, 0.2) is 0 Å². The van der Waals surface area contributed by atoms with Crippen molar-refractivity contribution >= 4 is 19.7 Å². The number of hydrogen-bond donors (Lipinski definition) is 1. The molecule has 0 aliphatic heterocycles. The van der Waals surface area contributed by atoms with Crippen LogP contribution in [0.15, 0.2) is 36.5 Å². The molecular weight excluding hydrogens is 904 g/mol. The smallest absolute Gasteiger partial charge is 0.306 e. The maximum Gasteiger partial charge on any atom is 0.306 e. The number of likely N-dealkylation sites (N-methyl/N-ethyl adjacent to an activating group) is 1. The van der Waals surface area contributed by atoms with Crippen LogP contribution in [0, 0.1) is 0 Å². The van der Waals surface area contributed by atoms with E-state index in [-0.39, 0.29) is 24.9 Å². The van der Waals surface area contributed by atoms with E-state index < -0.39 is 26.6 Å². The predicted molar refractivity (Wildman–Crippen MR) is 303 cm³/mol. The van der Waals surface area contributed by atoms with Gasteiger partial charge in [0.05, 0.1) is 33.8 Å². The quantitative estimate of drug-likeness (QED) is 0.0212. The van der Waals surface area contributed by atoms with Crippen LogP contribution in [0.4, 0.5) is 0 Å². The summed E-state index contributed by atoms with van der Waals surface area (Å²) in [6, 6.07) is -0.892. The van der Waals surface area contributed by atoms with E-state index in [9.17, 15) is 19.0 Å². The highest BCUT2D eigenvalue weighted by Gasteiger charge is 2.27. The molecule has 0 aromatic carbocycles. The maximum absolute atomic E-state index is 13.5. The number of unbranched alkanes of at least 4 members (excludes halogenated alkanes) is 35. The van der Waals surface area contributed by atoms with Crippen molar-refractivity contribution in [2.45, 2.75) is 303 Å². The molecule has 71 heavy (non-hydrogen) atoms. The summed E-state index contributed by atoms with van der Waals surface area (Å²) in [5.74, 6) is -0.552. The zero-order valence-electron chi connectivity index (χ0n) is 47.7. The average Bonchev–Trinajstić information content (AvgIpc) is 3.33. The first-order chi connectivity index (χ1) is 34.4. The van der Waals surface area contributed by atoms with Crippen LogP contribution in [0.1, 0.15) is 290 Å². The number of phosphoric acid groups is 1. The SMILES string of the molecule is CCCCCCCC/C=C\CCCCCC(=O)NC(COP(=O)([O-])OCC[N+](C)(C)C)C(/C=C\CCCCCCCCCCC)OC(=O)CCCCCCCCCCCCC/C=C/CCCCCCCC. The van der Waals surface area contributed by atoms with E-state index in [0.29, 0.717) is 17.4 Å². The summed E-state index contributed by atoms with van der Waals surface area (Å²) in [4.78, 5) is 39.8. The van der Waals surface area contributed by atoms with Crippen molar-refractivity contribution in [2.75, 3.05) is 40.9 Å². The molecule has 10 heteroatoms. The third-order valence-electron chi connectivity index (χ3n) is 13.5. The van der Waals surface area contributed by atoms with Crippen LogP contribution in [0.2, 0.25) is 0 Å². The van der Waals surface area contributed by atoms with Crippen molar-refractivity contribution in [3.63, 3.8) is 0 Å². The number of ether oxygens (including phenoxy) is 1. The minimum Gasteiger partial charge on any atom is -0.756 e. The normalized spacial score (nSPS) is 14.0. The molecule has 0 saturated heterocycles. The molecule has 0 rings (SSSR count). The second-order valence-electron chi connectivity index (χ2n) is 21.8. The first-order valence-corrected chi connectivity index (χ1v) is 31.8. The number of esters is 1. The van der Waals surface area contributed by atoms with E-state index in [4.69, 9.17) is 13.8 Å². The molecule has 0 aliphatic rings. The number of nitrogens with one attached hydrogen (secondary N) is 1. The molecule has 0 heterocycles. The van der Waals surface area contributed by atoms with Gasteiger partial charge < -0.3 is 28.5 Å². The molecule has 0 aliphatic carbocycles. The Morgan fingerprint density at radius 2 is 0.817 bits per heavy atom. The van der Waals surface area contributed by atoms with Crippen LogP contribution in [0.25, 0.3) is 0 Å². The lowest BCUT2D eigenvalue weighted by molar-refractivity contribution is -0.870. The van der Waals surface area contributed by atoms with Crippen molar-refractivity contribution in [2.24, 2.45) is 0 Å². The lowest BCUT2D eigenvalue weighted by Crippen LogP contribution is -2.47. The van der Waals surface area contributed by atoms with Crippen LogP contribution in [0.5, 0.6) is 0 Å². The van der Waals surface area contributed by atoms with Crippen molar-refractivity contribution in [3.05, 3.63) is 36.5 Å². The number of carbonyl (C=O) groups is 2. The monoisotopic (exact) mass is 1020 g/mol. The van der Waals surface area contributed by atoms with E-state index in [2.05, 4.69) is 50.4 Å². The van der Waals surface area contributed by atoms with Gasteiger partial charge in [0.25, 0.3) is 7.82 Å². The summed E-state index contributed by atoms with van der Waals surface area (Å²) in [5.41, 5.74) is 0. The number of carbonyl (C=O) groups excluding carboxylic acids is 2. The Morgan fingerprint density at radius 3 is 1.21 bits per heavy atom. The van der Waals surface area contributed by atoms with E-state index in [1.165, 1.54) is 186 Å². The first-order valence-electron chi connectivity index (χ1n) is 30.3. The summed E-state index contributed by atoms with van der Waals surface area (Å²) in [7, 11) is 1.18. The van der Waals surface area contributed by atoms with E-state index in [0.717, 1.165) is 70.6 Å². The van der Waals surface area contributed by atoms with Crippen molar-refractivity contribution in [3.8, 4) is 0 Å². The van der Waals surface area contributed by atoms with Gasteiger partial charge in [-0.25, -0.2) is 0 Å². The molecular formula is C61H117N2O7P. The molecule has 9 nitrogen and oxygen atoms in total. The Balaban J connectivity index is 5.19. The molecule has 1 amide bonds. The van der Waals surface area contributed by atoms with Gasteiger partial charge in [0.1, 0.15) is 19.3 Å². The fourth-order valence-corrected chi connectivity index (χ4v) is 9.53. The summed E-state index contributed by atoms with van der Waals surface area (Å²) in [6.45, 7) is 6.83. The second-order valence-corrected chi connectivity index (χ2v) is 23.3. The molecule has 3 atom stereocenters. The van der Waals surface area contributed by atoms with Gasteiger partial charge in [-0.05, 0) is 83.1 Å². The molecule has 0 bridgehead atoms. The maximum atomic E-state index is 13.5. The highest BCUT2D eigenvalue weighted by atomic mass is 31.2. The molecule has 0 radical (unpaired) electrons. The molecule has 418 valence electrons.